The molecule has 3 heterocycles. The SMILES string of the molecule is CCc1nnc(CN2CCCC2C2CCOCC2)o1. The van der Waals surface area contributed by atoms with Gasteiger partial charge < -0.3 is 9.15 Å². The van der Waals surface area contributed by atoms with Crippen molar-refractivity contribution >= 4 is 0 Å². The molecule has 2 aliphatic rings. The molecule has 0 aliphatic carbocycles. The molecule has 0 aromatic carbocycles. The number of aryl methyl sites for hydroxylation is 1. The summed E-state index contributed by atoms with van der Waals surface area (Å²) in [4.78, 5) is 2.53. The summed E-state index contributed by atoms with van der Waals surface area (Å²) in [6, 6.07) is 0.681. The van der Waals surface area contributed by atoms with Gasteiger partial charge in [0, 0.05) is 25.7 Å². The van der Waals surface area contributed by atoms with Gasteiger partial charge in [-0.2, -0.15) is 0 Å². The molecule has 0 radical (unpaired) electrons. The molecule has 0 amide bonds. The normalized spacial score (nSPS) is 26.1. The van der Waals surface area contributed by atoms with Gasteiger partial charge >= 0.3 is 0 Å². The van der Waals surface area contributed by atoms with Crippen LogP contribution < -0.4 is 0 Å². The van der Waals surface area contributed by atoms with Crippen LogP contribution in [0.2, 0.25) is 0 Å². The Morgan fingerprint density at radius 2 is 1.95 bits per heavy atom. The molecule has 0 spiro atoms. The van der Waals surface area contributed by atoms with E-state index in [0.29, 0.717) is 6.04 Å². The van der Waals surface area contributed by atoms with Gasteiger partial charge in [0.2, 0.25) is 11.8 Å². The predicted molar refractivity (Wildman–Crippen MR) is 70.7 cm³/mol. The molecule has 1 aromatic heterocycles. The Balaban J connectivity index is 1.62. The molecule has 5 nitrogen and oxygen atoms in total. The smallest absolute Gasteiger partial charge is 0.230 e. The number of rotatable bonds is 4. The van der Waals surface area contributed by atoms with Gasteiger partial charge in [-0.3, -0.25) is 4.90 Å². The molecule has 2 aliphatic heterocycles. The average Bonchev–Trinajstić information content (AvgIpc) is 3.09. The minimum atomic E-state index is 0.681. The molecular weight excluding hydrogens is 242 g/mol. The van der Waals surface area contributed by atoms with Crippen molar-refractivity contribution in [3.8, 4) is 0 Å². The van der Waals surface area contributed by atoms with Crippen molar-refractivity contribution < 1.29 is 9.15 Å². The average molecular weight is 265 g/mol. The number of likely N-dealkylation sites (tertiary alicyclic amines) is 1. The fourth-order valence-corrected chi connectivity index (χ4v) is 3.35. The van der Waals surface area contributed by atoms with Crippen LogP contribution in [0, 0.1) is 5.92 Å². The third-order valence-corrected chi connectivity index (χ3v) is 4.37. The van der Waals surface area contributed by atoms with Gasteiger partial charge in [-0.05, 0) is 38.1 Å². The molecule has 0 saturated carbocycles. The number of hydrogen-bond acceptors (Lipinski definition) is 5. The zero-order valence-corrected chi connectivity index (χ0v) is 11.7. The van der Waals surface area contributed by atoms with Crippen LogP contribution in [0.25, 0.3) is 0 Å². The Labute approximate surface area is 114 Å². The van der Waals surface area contributed by atoms with Crippen molar-refractivity contribution in [2.75, 3.05) is 19.8 Å². The van der Waals surface area contributed by atoms with Crippen LogP contribution in [0.15, 0.2) is 4.42 Å². The molecule has 2 fully saturated rings. The maximum absolute atomic E-state index is 5.64. The first-order valence-corrected chi connectivity index (χ1v) is 7.50. The summed E-state index contributed by atoms with van der Waals surface area (Å²) >= 11 is 0. The molecule has 3 rings (SSSR count). The van der Waals surface area contributed by atoms with Gasteiger partial charge in [-0.25, -0.2) is 0 Å². The number of aromatic nitrogens is 2. The molecule has 5 heteroatoms. The number of nitrogens with zero attached hydrogens (tertiary/aromatic N) is 3. The monoisotopic (exact) mass is 265 g/mol. The van der Waals surface area contributed by atoms with Gasteiger partial charge in [0.05, 0.1) is 6.54 Å². The van der Waals surface area contributed by atoms with Crippen LogP contribution in [-0.4, -0.2) is 40.9 Å². The second-order valence-corrected chi connectivity index (χ2v) is 5.57. The van der Waals surface area contributed by atoms with Crippen LogP contribution in [0.1, 0.15) is 44.4 Å². The van der Waals surface area contributed by atoms with Crippen LogP contribution in [0.4, 0.5) is 0 Å². The topological polar surface area (TPSA) is 51.4 Å². The summed E-state index contributed by atoms with van der Waals surface area (Å²) in [6.45, 7) is 5.87. The van der Waals surface area contributed by atoms with E-state index in [1.54, 1.807) is 0 Å². The molecule has 2 saturated heterocycles. The van der Waals surface area contributed by atoms with E-state index < -0.39 is 0 Å². The van der Waals surface area contributed by atoms with E-state index in [1.807, 2.05) is 6.92 Å². The van der Waals surface area contributed by atoms with Crippen LogP contribution in [0.3, 0.4) is 0 Å². The van der Waals surface area contributed by atoms with Crippen LogP contribution >= 0.6 is 0 Å². The van der Waals surface area contributed by atoms with E-state index >= 15 is 0 Å². The molecule has 1 atom stereocenters. The Kier molecular flexibility index (Phi) is 4.13. The van der Waals surface area contributed by atoms with E-state index in [4.69, 9.17) is 9.15 Å². The maximum Gasteiger partial charge on any atom is 0.230 e. The zero-order valence-electron chi connectivity index (χ0n) is 11.7. The third kappa shape index (κ3) is 2.98. The number of hydrogen-bond donors (Lipinski definition) is 0. The fourth-order valence-electron chi connectivity index (χ4n) is 3.35. The molecule has 1 aromatic rings. The van der Waals surface area contributed by atoms with E-state index in [9.17, 15) is 0 Å². The summed E-state index contributed by atoms with van der Waals surface area (Å²) in [7, 11) is 0. The highest BCUT2D eigenvalue weighted by Crippen LogP contribution is 2.31. The van der Waals surface area contributed by atoms with Gasteiger partial charge in [0.15, 0.2) is 0 Å². The lowest BCUT2D eigenvalue weighted by Crippen LogP contribution is -2.37. The highest BCUT2D eigenvalue weighted by atomic mass is 16.5. The van der Waals surface area contributed by atoms with Crippen molar-refractivity contribution in [2.45, 2.75) is 51.6 Å². The van der Waals surface area contributed by atoms with Crippen molar-refractivity contribution in [2.24, 2.45) is 5.92 Å². The summed E-state index contributed by atoms with van der Waals surface area (Å²) < 4.78 is 11.1. The first-order chi connectivity index (χ1) is 9.36. The molecule has 0 N–H and O–H groups in total. The predicted octanol–water partition coefficient (Wildman–Crippen LogP) is 2.02. The Hall–Kier alpha value is -0.940. The Bertz CT molecular complexity index is 401. The van der Waals surface area contributed by atoms with Gasteiger partial charge in [-0.1, -0.05) is 6.92 Å². The van der Waals surface area contributed by atoms with Gasteiger partial charge in [0.1, 0.15) is 0 Å². The highest BCUT2D eigenvalue weighted by Gasteiger charge is 2.33. The standard InChI is InChI=1S/C14H23N3O2/c1-2-13-15-16-14(19-13)10-17-7-3-4-12(17)11-5-8-18-9-6-11/h11-12H,2-10H2,1H3. The van der Waals surface area contributed by atoms with Crippen molar-refractivity contribution in [3.05, 3.63) is 11.8 Å². The lowest BCUT2D eigenvalue weighted by molar-refractivity contribution is 0.0329. The minimum Gasteiger partial charge on any atom is -0.424 e. The van der Waals surface area contributed by atoms with Gasteiger partial charge in [-0.15, -0.1) is 10.2 Å². The Morgan fingerprint density at radius 3 is 2.68 bits per heavy atom. The summed E-state index contributed by atoms with van der Waals surface area (Å²) in [5.74, 6) is 2.30. The van der Waals surface area contributed by atoms with E-state index in [1.165, 1.54) is 25.7 Å². The highest BCUT2D eigenvalue weighted by molar-refractivity contribution is 4.90. The minimum absolute atomic E-state index is 0.681. The van der Waals surface area contributed by atoms with E-state index in [-0.39, 0.29) is 0 Å². The quantitative estimate of drug-likeness (QED) is 0.833. The van der Waals surface area contributed by atoms with Crippen molar-refractivity contribution in [3.63, 3.8) is 0 Å². The first-order valence-electron chi connectivity index (χ1n) is 7.50. The first kappa shape index (κ1) is 13.1. The fraction of sp³-hybridized carbons (Fsp3) is 0.857. The molecule has 19 heavy (non-hydrogen) atoms. The van der Waals surface area contributed by atoms with Crippen LogP contribution in [0.5, 0.6) is 0 Å². The largest absolute Gasteiger partial charge is 0.424 e. The van der Waals surface area contributed by atoms with E-state index in [0.717, 1.165) is 50.4 Å². The summed E-state index contributed by atoms with van der Waals surface area (Å²) in [5.41, 5.74) is 0. The lowest BCUT2D eigenvalue weighted by atomic mass is 9.90. The summed E-state index contributed by atoms with van der Waals surface area (Å²) in [6.07, 6.45) is 5.81. The molecule has 0 bridgehead atoms. The third-order valence-electron chi connectivity index (χ3n) is 4.37. The summed E-state index contributed by atoms with van der Waals surface area (Å²) in [5, 5.41) is 8.20. The van der Waals surface area contributed by atoms with Crippen LogP contribution in [-0.2, 0) is 17.7 Å². The maximum atomic E-state index is 5.64. The second kappa shape index (κ2) is 6.01. The second-order valence-electron chi connectivity index (χ2n) is 5.57. The van der Waals surface area contributed by atoms with Crippen molar-refractivity contribution in [1.29, 1.82) is 0 Å². The zero-order chi connectivity index (χ0) is 13.1. The molecule has 106 valence electrons. The molecule has 1 unspecified atom stereocenters. The van der Waals surface area contributed by atoms with E-state index in [2.05, 4.69) is 15.1 Å². The molecular formula is C14H23N3O2. The lowest BCUT2D eigenvalue weighted by Gasteiger charge is -2.33. The van der Waals surface area contributed by atoms with Crippen molar-refractivity contribution in [1.82, 2.24) is 15.1 Å². The Morgan fingerprint density at radius 1 is 1.16 bits per heavy atom. The van der Waals surface area contributed by atoms with Gasteiger partial charge in [0.25, 0.3) is 0 Å². The number of ether oxygens (including phenoxy) is 1.